The monoisotopic (exact) mass is 371 g/mol. The van der Waals surface area contributed by atoms with Crippen molar-refractivity contribution in [2.75, 3.05) is 5.73 Å². The Labute approximate surface area is 155 Å². The van der Waals surface area contributed by atoms with Crippen LogP contribution in [0.5, 0.6) is 0 Å². The quantitative estimate of drug-likeness (QED) is 0.710. The minimum Gasteiger partial charge on any atom is -0.478 e. The summed E-state index contributed by atoms with van der Waals surface area (Å²) in [5.41, 5.74) is 7.12. The van der Waals surface area contributed by atoms with E-state index >= 15 is 0 Å². The van der Waals surface area contributed by atoms with Gasteiger partial charge in [-0.15, -0.1) is 0 Å². The van der Waals surface area contributed by atoms with E-state index in [1.165, 1.54) is 17.1 Å². The van der Waals surface area contributed by atoms with Crippen LogP contribution < -0.4 is 5.73 Å². The summed E-state index contributed by atoms with van der Waals surface area (Å²) >= 11 is 0. The van der Waals surface area contributed by atoms with Gasteiger partial charge in [0.25, 0.3) is 5.95 Å². The van der Waals surface area contributed by atoms with Crippen molar-refractivity contribution < 1.29 is 14.6 Å². The third-order valence-electron chi connectivity index (χ3n) is 5.33. The first-order chi connectivity index (χ1) is 12.9. The summed E-state index contributed by atoms with van der Waals surface area (Å²) < 4.78 is 9.39. The van der Waals surface area contributed by atoms with Gasteiger partial charge in [0.05, 0.1) is 24.2 Å². The largest absolute Gasteiger partial charge is 0.478 e. The molecule has 1 aliphatic rings. The van der Waals surface area contributed by atoms with Crippen LogP contribution in [-0.2, 0) is 4.74 Å². The molecule has 142 valence electrons. The molecule has 1 aliphatic heterocycles. The van der Waals surface area contributed by atoms with Crippen molar-refractivity contribution in [2.45, 2.75) is 39.5 Å². The molecule has 0 spiro atoms. The second-order valence-corrected chi connectivity index (χ2v) is 6.90. The Balaban J connectivity index is 1.80. The number of imidazole rings is 1. The lowest BCUT2D eigenvalue weighted by Crippen LogP contribution is -2.16. The van der Waals surface area contributed by atoms with Gasteiger partial charge in [-0.1, -0.05) is 20.8 Å². The summed E-state index contributed by atoms with van der Waals surface area (Å²) in [4.78, 5) is 24.2. The first-order valence-electron chi connectivity index (χ1n) is 8.84. The second kappa shape index (κ2) is 6.31. The summed E-state index contributed by atoms with van der Waals surface area (Å²) in [6.07, 6.45) is 5.14. The van der Waals surface area contributed by atoms with Crippen LogP contribution in [0.4, 0.5) is 5.82 Å². The minimum atomic E-state index is -1.08. The normalized spacial score (nSPS) is 25.3. The third kappa shape index (κ3) is 2.72. The highest BCUT2D eigenvalue weighted by Gasteiger charge is 2.39. The number of nitrogens with zero attached hydrogens (tertiary/aromatic N) is 6. The zero-order valence-corrected chi connectivity index (χ0v) is 15.3. The number of carbonyl (C=O) groups is 1. The highest BCUT2D eigenvalue weighted by molar-refractivity contribution is 5.87. The van der Waals surface area contributed by atoms with Crippen LogP contribution >= 0.6 is 0 Å². The number of carboxylic acid groups (broad SMARTS) is 1. The van der Waals surface area contributed by atoms with E-state index in [0.717, 1.165) is 6.42 Å². The van der Waals surface area contributed by atoms with Gasteiger partial charge in [0, 0.05) is 12.1 Å². The van der Waals surface area contributed by atoms with Gasteiger partial charge < -0.3 is 15.6 Å². The highest BCUT2D eigenvalue weighted by atomic mass is 16.5. The SMILES string of the molecule is CCC1OC(n2cnc3c(N)nc(-n4cc(C(=O)O)cn4)nc32)[C@H](C)[C@@H]1C. The lowest BCUT2D eigenvalue weighted by Gasteiger charge is -2.18. The molecule has 0 radical (unpaired) electrons. The first kappa shape index (κ1) is 17.4. The third-order valence-corrected chi connectivity index (χ3v) is 5.33. The molecule has 3 aromatic rings. The van der Waals surface area contributed by atoms with Gasteiger partial charge >= 0.3 is 5.97 Å². The van der Waals surface area contributed by atoms with Crippen molar-refractivity contribution in [2.24, 2.45) is 11.8 Å². The molecule has 0 aliphatic carbocycles. The van der Waals surface area contributed by atoms with Crippen LogP contribution in [0.15, 0.2) is 18.7 Å². The zero-order chi connectivity index (χ0) is 19.3. The van der Waals surface area contributed by atoms with Gasteiger partial charge in [0.1, 0.15) is 11.7 Å². The number of nitrogen functional groups attached to an aromatic ring is 1. The molecular formula is C17H21N7O3. The first-order valence-corrected chi connectivity index (χ1v) is 8.84. The Morgan fingerprint density at radius 1 is 1.33 bits per heavy atom. The van der Waals surface area contributed by atoms with Crippen molar-refractivity contribution in [1.29, 1.82) is 0 Å². The van der Waals surface area contributed by atoms with E-state index in [9.17, 15) is 4.79 Å². The fourth-order valence-corrected chi connectivity index (χ4v) is 3.57. The van der Waals surface area contributed by atoms with Crippen LogP contribution in [0.2, 0.25) is 0 Å². The van der Waals surface area contributed by atoms with Crippen molar-refractivity contribution in [3.05, 3.63) is 24.3 Å². The maximum absolute atomic E-state index is 11.1. The van der Waals surface area contributed by atoms with E-state index in [-0.39, 0.29) is 35.6 Å². The molecule has 4 heterocycles. The van der Waals surface area contributed by atoms with Crippen molar-refractivity contribution in [3.63, 3.8) is 0 Å². The topological polar surface area (TPSA) is 134 Å². The van der Waals surface area contributed by atoms with E-state index in [1.807, 2.05) is 4.57 Å². The molecule has 1 fully saturated rings. The van der Waals surface area contributed by atoms with E-state index in [1.54, 1.807) is 6.33 Å². The van der Waals surface area contributed by atoms with Crippen molar-refractivity contribution >= 4 is 23.0 Å². The number of rotatable bonds is 4. The maximum Gasteiger partial charge on any atom is 0.338 e. The van der Waals surface area contributed by atoms with Crippen LogP contribution in [0.25, 0.3) is 17.1 Å². The van der Waals surface area contributed by atoms with Gasteiger partial charge in [0.2, 0.25) is 0 Å². The van der Waals surface area contributed by atoms with Gasteiger partial charge in [-0.3, -0.25) is 4.57 Å². The lowest BCUT2D eigenvalue weighted by molar-refractivity contribution is -0.0120. The van der Waals surface area contributed by atoms with Crippen LogP contribution in [-0.4, -0.2) is 46.5 Å². The summed E-state index contributed by atoms with van der Waals surface area (Å²) in [5, 5.41) is 13.1. The number of hydrogen-bond acceptors (Lipinski definition) is 7. The zero-order valence-electron chi connectivity index (χ0n) is 15.3. The number of ether oxygens (including phenoxy) is 1. The number of carboxylic acids is 1. The number of hydrogen-bond donors (Lipinski definition) is 2. The molecule has 4 atom stereocenters. The molecule has 3 aromatic heterocycles. The number of anilines is 1. The Kier molecular flexibility index (Phi) is 4.06. The van der Waals surface area contributed by atoms with Gasteiger partial charge in [-0.2, -0.15) is 15.1 Å². The minimum absolute atomic E-state index is 0.0399. The van der Waals surface area contributed by atoms with E-state index in [0.29, 0.717) is 17.1 Å². The molecule has 10 nitrogen and oxygen atoms in total. The van der Waals surface area contributed by atoms with E-state index < -0.39 is 5.97 Å². The molecule has 0 bridgehead atoms. The summed E-state index contributed by atoms with van der Waals surface area (Å²) in [6, 6.07) is 0. The highest BCUT2D eigenvalue weighted by Crippen LogP contribution is 2.41. The lowest BCUT2D eigenvalue weighted by atomic mass is 9.91. The summed E-state index contributed by atoms with van der Waals surface area (Å²) in [5.74, 6) is -0.0179. The molecule has 0 amide bonds. The Morgan fingerprint density at radius 3 is 2.74 bits per heavy atom. The average molecular weight is 371 g/mol. The molecule has 4 rings (SSSR count). The summed E-state index contributed by atoms with van der Waals surface area (Å²) in [7, 11) is 0. The molecular weight excluding hydrogens is 350 g/mol. The van der Waals surface area contributed by atoms with Crippen LogP contribution in [0.3, 0.4) is 0 Å². The van der Waals surface area contributed by atoms with E-state index in [2.05, 4.69) is 40.8 Å². The molecule has 2 unspecified atom stereocenters. The van der Waals surface area contributed by atoms with Crippen LogP contribution in [0.1, 0.15) is 43.8 Å². The Morgan fingerprint density at radius 2 is 2.11 bits per heavy atom. The second-order valence-electron chi connectivity index (χ2n) is 6.90. The Bertz CT molecular complexity index is 1010. The molecule has 1 saturated heterocycles. The average Bonchev–Trinajstić information content (AvgIpc) is 3.34. The molecule has 0 saturated carbocycles. The number of fused-ring (bicyclic) bond motifs is 1. The maximum atomic E-state index is 11.1. The van der Waals surface area contributed by atoms with Gasteiger partial charge in [-0.05, 0) is 12.3 Å². The number of aromatic nitrogens is 6. The summed E-state index contributed by atoms with van der Waals surface area (Å²) in [6.45, 7) is 6.44. The molecule has 10 heteroatoms. The number of nitrogens with two attached hydrogens (primary N) is 1. The fraction of sp³-hybridized carbons (Fsp3) is 0.471. The molecule has 3 N–H and O–H groups in total. The Hall–Kier alpha value is -3.01. The predicted octanol–water partition coefficient (Wildman–Crippen LogP) is 1.87. The van der Waals surface area contributed by atoms with Crippen molar-refractivity contribution in [3.8, 4) is 5.95 Å². The van der Waals surface area contributed by atoms with E-state index in [4.69, 9.17) is 15.6 Å². The molecule has 0 aromatic carbocycles. The predicted molar refractivity (Wildman–Crippen MR) is 96.3 cm³/mol. The van der Waals surface area contributed by atoms with Gasteiger partial charge in [-0.25, -0.2) is 14.5 Å². The number of aromatic carboxylic acids is 1. The van der Waals surface area contributed by atoms with Crippen molar-refractivity contribution in [1.82, 2.24) is 29.3 Å². The molecule has 27 heavy (non-hydrogen) atoms. The fourth-order valence-electron chi connectivity index (χ4n) is 3.57. The standard InChI is InChI=1S/C17H21N7O3/c1-4-11-8(2)9(3)15(27-11)23-7-19-12-13(18)21-17(22-14(12)23)24-6-10(5-20-24)16(25)26/h5-9,11,15H,4H2,1-3H3,(H,25,26)(H2,18,21,22)/t8-,9+,11?,15?/m0/s1. The van der Waals surface area contributed by atoms with Gasteiger partial charge in [0.15, 0.2) is 11.5 Å². The smallest absolute Gasteiger partial charge is 0.338 e. The van der Waals surface area contributed by atoms with Crippen LogP contribution in [0, 0.1) is 11.8 Å².